The van der Waals surface area contributed by atoms with E-state index in [1.165, 1.54) is 70.6 Å². The number of unbranched alkanes of at least 4 members (excludes halogenated alkanes) is 14. The maximum absolute atomic E-state index is 12.8. The molecule has 0 spiro atoms. The van der Waals surface area contributed by atoms with Gasteiger partial charge in [0, 0.05) is 6.42 Å². The Hall–Kier alpha value is -2.06. The molecule has 0 rings (SSSR count). The van der Waals surface area contributed by atoms with Crippen LogP contribution in [-0.4, -0.2) is 68.5 Å². The summed E-state index contributed by atoms with van der Waals surface area (Å²) in [7, 11) is 1.20. The lowest BCUT2D eigenvalue weighted by Crippen LogP contribution is -2.45. The highest BCUT2D eigenvalue weighted by Gasteiger charge is 2.23. The predicted octanol–water partition coefficient (Wildman–Crippen LogP) is 11.0. The van der Waals surface area contributed by atoms with Gasteiger partial charge in [0.2, 0.25) is 5.91 Å². The van der Waals surface area contributed by atoms with E-state index in [1.54, 1.807) is 6.08 Å². The third-order valence-corrected chi connectivity index (χ3v) is 9.86. The van der Waals surface area contributed by atoms with Gasteiger partial charge in [-0.1, -0.05) is 151 Å². The Morgan fingerprint density at radius 3 is 1.72 bits per heavy atom. The van der Waals surface area contributed by atoms with E-state index >= 15 is 0 Å². The molecule has 312 valence electrons. The lowest BCUT2D eigenvalue weighted by molar-refractivity contribution is -0.870. The number of quaternary nitrogens is 1. The second-order valence-corrected chi connectivity index (χ2v) is 16.7. The average Bonchev–Trinajstić information content (AvgIpc) is 3.12. The number of hydrogen-bond acceptors (Lipinski definition) is 6. The summed E-state index contributed by atoms with van der Waals surface area (Å²) < 4.78 is 23.1. The Labute approximate surface area is 332 Å². The van der Waals surface area contributed by atoms with Crippen LogP contribution in [0.5, 0.6) is 0 Å². The zero-order valence-corrected chi connectivity index (χ0v) is 36.0. The molecule has 0 aromatic heterocycles. The van der Waals surface area contributed by atoms with Crippen LogP contribution in [0.25, 0.3) is 0 Å². The summed E-state index contributed by atoms with van der Waals surface area (Å²) in [4.78, 5) is 25.2. The first-order valence-electron chi connectivity index (χ1n) is 21.3. The first kappa shape index (κ1) is 51.9. The second kappa shape index (κ2) is 36.6. The molecule has 0 saturated heterocycles. The number of aliphatic hydroxyl groups excluding tert-OH is 1. The van der Waals surface area contributed by atoms with E-state index in [0.29, 0.717) is 17.4 Å². The molecule has 0 aromatic carbocycles. The molecule has 0 saturated carbocycles. The fourth-order valence-electron chi connectivity index (χ4n) is 5.51. The summed E-state index contributed by atoms with van der Waals surface area (Å²) in [5.41, 5.74) is 0. The van der Waals surface area contributed by atoms with Gasteiger partial charge in [-0.05, 0) is 70.6 Å². The van der Waals surface area contributed by atoms with Crippen molar-refractivity contribution in [3.63, 3.8) is 0 Å². The van der Waals surface area contributed by atoms with Gasteiger partial charge in [0.25, 0.3) is 7.82 Å². The van der Waals surface area contributed by atoms with Crippen LogP contribution in [0, 0.1) is 0 Å². The van der Waals surface area contributed by atoms with Crippen molar-refractivity contribution in [1.29, 1.82) is 0 Å². The van der Waals surface area contributed by atoms with Crippen molar-refractivity contribution in [2.75, 3.05) is 40.9 Å². The van der Waals surface area contributed by atoms with Gasteiger partial charge in [0.05, 0.1) is 39.9 Å². The van der Waals surface area contributed by atoms with E-state index in [4.69, 9.17) is 9.05 Å². The molecule has 0 aliphatic carbocycles. The van der Waals surface area contributed by atoms with E-state index in [0.717, 1.165) is 57.8 Å². The number of carbonyl (C=O) groups is 1. The number of nitrogens with zero attached hydrogens (tertiary/aromatic N) is 1. The second-order valence-electron chi connectivity index (χ2n) is 15.3. The zero-order chi connectivity index (χ0) is 40.0. The quantitative estimate of drug-likeness (QED) is 0.0281. The molecule has 54 heavy (non-hydrogen) atoms. The zero-order valence-electron chi connectivity index (χ0n) is 35.1. The molecule has 3 atom stereocenters. The van der Waals surface area contributed by atoms with Crippen LogP contribution in [0.4, 0.5) is 0 Å². The number of aliphatic hydroxyl groups is 1. The summed E-state index contributed by atoms with van der Waals surface area (Å²) in [6, 6.07) is -0.927. The molecular formula is C45H81N2O6P. The van der Waals surface area contributed by atoms with Crippen LogP contribution in [0.1, 0.15) is 155 Å². The smallest absolute Gasteiger partial charge is 0.268 e. The van der Waals surface area contributed by atoms with Crippen molar-refractivity contribution in [3.8, 4) is 0 Å². The molecule has 2 N–H and O–H groups in total. The van der Waals surface area contributed by atoms with Crippen LogP contribution < -0.4 is 10.2 Å². The Bertz CT molecular complexity index is 1110. The van der Waals surface area contributed by atoms with Gasteiger partial charge in [0.15, 0.2) is 0 Å². The minimum atomic E-state index is -4.61. The number of nitrogens with one attached hydrogen (secondary N) is 1. The first-order chi connectivity index (χ1) is 26.0. The van der Waals surface area contributed by atoms with Crippen LogP contribution in [0.3, 0.4) is 0 Å². The molecule has 0 radical (unpaired) electrons. The van der Waals surface area contributed by atoms with Crippen LogP contribution >= 0.6 is 7.82 Å². The number of hydrogen-bond donors (Lipinski definition) is 2. The van der Waals surface area contributed by atoms with Gasteiger partial charge in [-0.25, -0.2) is 0 Å². The normalized spacial score (nSPS) is 15.2. The van der Waals surface area contributed by atoms with Crippen molar-refractivity contribution in [2.24, 2.45) is 0 Å². The Morgan fingerprint density at radius 1 is 0.667 bits per heavy atom. The van der Waals surface area contributed by atoms with Gasteiger partial charge in [0.1, 0.15) is 13.2 Å². The molecule has 9 heteroatoms. The van der Waals surface area contributed by atoms with Gasteiger partial charge in [-0.15, -0.1) is 0 Å². The van der Waals surface area contributed by atoms with E-state index in [-0.39, 0.29) is 18.9 Å². The largest absolute Gasteiger partial charge is 0.756 e. The molecule has 0 bridgehead atoms. The molecule has 0 aromatic rings. The van der Waals surface area contributed by atoms with Crippen LogP contribution in [0.2, 0.25) is 0 Å². The molecular weight excluding hydrogens is 695 g/mol. The lowest BCUT2D eigenvalue weighted by Gasteiger charge is -2.29. The number of likely N-dealkylation sites (N-methyl/N-ethyl adjacent to an activating group) is 1. The third kappa shape index (κ3) is 38.2. The molecule has 0 heterocycles. The lowest BCUT2D eigenvalue weighted by atomic mass is 10.1. The maximum Gasteiger partial charge on any atom is 0.268 e. The highest BCUT2D eigenvalue weighted by molar-refractivity contribution is 7.45. The number of phosphoric acid groups is 1. The predicted molar refractivity (Wildman–Crippen MR) is 228 cm³/mol. The van der Waals surface area contributed by atoms with E-state index in [9.17, 15) is 19.4 Å². The summed E-state index contributed by atoms with van der Waals surface area (Å²) in [5.74, 6) is -0.252. The standard InChI is InChI=1S/C45H81N2O6P/c1-6-8-10-12-14-16-18-20-22-23-25-26-28-30-32-34-36-38-44(48)43(42-53-54(50,51)52-41-40-47(3,4)5)46-45(49)39-37-35-33-31-29-27-24-21-19-17-15-13-11-9-7-2/h9,11,15,17,21,24,28-31,36,38,43-44,48H,6-8,10,12-14,16,18-20,22-23,25-27,32-35,37,39-42H2,1-5H3,(H-,46,49,50,51)/b11-9-,17-15-,24-21-,30-28+,31-29-,38-36+. The average molecular weight is 777 g/mol. The number of amides is 1. The van der Waals surface area contributed by atoms with Crippen molar-refractivity contribution in [1.82, 2.24) is 5.32 Å². The summed E-state index contributed by atoms with van der Waals surface area (Å²) in [5, 5.41) is 13.7. The number of phosphoric ester groups is 1. The van der Waals surface area contributed by atoms with Crippen molar-refractivity contribution in [3.05, 3.63) is 72.9 Å². The summed E-state index contributed by atoms with van der Waals surface area (Å²) in [6.45, 7) is 4.45. The van der Waals surface area contributed by atoms with Crippen LogP contribution in [0.15, 0.2) is 72.9 Å². The molecule has 0 aliphatic heterocycles. The topological polar surface area (TPSA) is 108 Å². The van der Waals surface area contributed by atoms with Gasteiger partial charge >= 0.3 is 0 Å². The minimum absolute atomic E-state index is 0.0180. The Kier molecular flexibility index (Phi) is 35.2. The molecule has 0 fully saturated rings. The first-order valence-corrected chi connectivity index (χ1v) is 22.8. The van der Waals surface area contributed by atoms with Gasteiger partial charge in [-0.3, -0.25) is 9.36 Å². The Morgan fingerprint density at radius 2 is 1.15 bits per heavy atom. The van der Waals surface area contributed by atoms with E-state index in [2.05, 4.69) is 79.9 Å². The number of rotatable bonds is 37. The van der Waals surface area contributed by atoms with Gasteiger partial charge < -0.3 is 28.8 Å². The summed E-state index contributed by atoms with van der Waals surface area (Å²) in [6.07, 6.45) is 48.1. The molecule has 1 amide bonds. The highest BCUT2D eigenvalue weighted by atomic mass is 31.2. The van der Waals surface area contributed by atoms with E-state index < -0.39 is 26.6 Å². The monoisotopic (exact) mass is 777 g/mol. The maximum atomic E-state index is 12.8. The summed E-state index contributed by atoms with van der Waals surface area (Å²) >= 11 is 0. The SMILES string of the molecule is CC/C=C\C/C=C\C/C=C\C/C=C\CCCCC(=O)NC(COP(=O)([O-])OCC[N+](C)(C)C)C(O)/C=C/CC/C=C/CCCCCCCCCCCCC. The fourth-order valence-corrected chi connectivity index (χ4v) is 6.23. The van der Waals surface area contributed by atoms with Crippen molar-refractivity contribution in [2.45, 2.75) is 167 Å². The Balaban J connectivity index is 4.60. The minimum Gasteiger partial charge on any atom is -0.756 e. The third-order valence-electron chi connectivity index (χ3n) is 8.90. The van der Waals surface area contributed by atoms with E-state index in [1.807, 2.05) is 27.2 Å². The molecule has 8 nitrogen and oxygen atoms in total. The van der Waals surface area contributed by atoms with Crippen LogP contribution in [-0.2, 0) is 18.4 Å². The van der Waals surface area contributed by atoms with Crippen molar-refractivity contribution < 1.29 is 32.9 Å². The molecule has 3 unspecified atom stereocenters. The molecule has 0 aliphatic rings. The van der Waals surface area contributed by atoms with Gasteiger partial charge in [-0.2, -0.15) is 0 Å². The highest BCUT2D eigenvalue weighted by Crippen LogP contribution is 2.38. The number of carbonyl (C=O) groups excluding carboxylic acids is 1. The van der Waals surface area contributed by atoms with Crippen molar-refractivity contribution >= 4 is 13.7 Å². The number of allylic oxidation sites excluding steroid dienone is 11. The fraction of sp³-hybridized carbons (Fsp3) is 0.711.